The number of carbonyl (C=O) groups is 1. The minimum absolute atomic E-state index is 0.0430. The van der Waals surface area contributed by atoms with Crippen molar-refractivity contribution in [1.29, 1.82) is 0 Å². The molecule has 1 amide bonds. The molecule has 2 atom stereocenters. The van der Waals surface area contributed by atoms with Crippen LogP contribution in [0.3, 0.4) is 0 Å². The molecular formula is C17H23N5O. The highest BCUT2D eigenvalue weighted by molar-refractivity contribution is 5.84. The molecule has 0 aliphatic rings. The summed E-state index contributed by atoms with van der Waals surface area (Å²) in [5.74, 6) is 1.18. The van der Waals surface area contributed by atoms with Crippen LogP contribution >= 0.6 is 0 Å². The van der Waals surface area contributed by atoms with E-state index in [1.807, 2.05) is 45.9 Å². The van der Waals surface area contributed by atoms with Gasteiger partial charge >= 0.3 is 0 Å². The zero-order valence-corrected chi connectivity index (χ0v) is 14.0. The van der Waals surface area contributed by atoms with Gasteiger partial charge in [0.1, 0.15) is 11.9 Å². The van der Waals surface area contributed by atoms with Gasteiger partial charge in [-0.1, -0.05) is 6.92 Å². The molecule has 6 heteroatoms. The summed E-state index contributed by atoms with van der Waals surface area (Å²) in [4.78, 5) is 25.1. The number of rotatable bonds is 6. The third-order valence-corrected chi connectivity index (χ3v) is 3.53. The Balaban J connectivity index is 2.14. The molecule has 0 bridgehead atoms. The van der Waals surface area contributed by atoms with E-state index in [4.69, 9.17) is 0 Å². The Morgan fingerprint density at radius 2 is 2.09 bits per heavy atom. The molecular weight excluding hydrogens is 290 g/mol. The highest BCUT2D eigenvalue weighted by Gasteiger charge is 2.15. The van der Waals surface area contributed by atoms with E-state index in [2.05, 4.69) is 25.6 Å². The molecule has 0 saturated heterocycles. The van der Waals surface area contributed by atoms with Crippen LogP contribution in [0.4, 0.5) is 5.82 Å². The average molecular weight is 313 g/mol. The van der Waals surface area contributed by atoms with Crippen molar-refractivity contribution >= 4 is 11.7 Å². The van der Waals surface area contributed by atoms with Crippen molar-refractivity contribution in [3.8, 4) is 11.4 Å². The minimum Gasteiger partial charge on any atom is -0.359 e. The third kappa shape index (κ3) is 4.74. The number of carbonyl (C=O) groups excluding carboxylic acids is 1. The largest absolute Gasteiger partial charge is 0.359 e. The van der Waals surface area contributed by atoms with Gasteiger partial charge in [0, 0.05) is 35.8 Å². The van der Waals surface area contributed by atoms with Gasteiger partial charge in [0.2, 0.25) is 5.91 Å². The van der Waals surface area contributed by atoms with E-state index in [0.717, 1.165) is 17.7 Å². The Hall–Kier alpha value is -2.50. The van der Waals surface area contributed by atoms with Gasteiger partial charge in [0.05, 0.1) is 0 Å². The zero-order chi connectivity index (χ0) is 16.8. The van der Waals surface area contributed by atoms with Gasteiger partial charge in [-0.25, -0.2) is 9.97 Å². The Bertz CT molecular complexity index is 659. The van der Waals surface area contributed by atoms with Gasteiger partial charge < -0.3 is 10.6 Å². The molecule has 6 nitrogen and oxygen atoms in total. The van der Waals surface area contributed by atoms with Crippen LogP contribution in [0, 0.1) is 6.92 Å². The molecule has 0 radical (unpaired) electrons. The van der Waals surface area contributed by atoms with E-state index in [-0.39, 0.29) is 18.0 Å². The quantitative estimate of drug-likeness (QED) is 0.857. The molecule has 0 aliphatic carbocycles. The standard InChI is InChI=1S/C17H23N5O/c1-5-11(2)20-17(23)13(4)21-15-9-12(3)19-16(22-15)14-7-6-8-18-10-14/h6-11,13H,5H2,1-4H3,(H,20,23)(H,19,21,22). The molecule has 0 spiro atoms. The normalized spacial score (nSPS) is 13.2. The number of aryl methyl sites for hydroxylation is 1. The summed E-state index contributed by atoms with van der Waals surface area (Å²) < 4.78 is 0. The van der Waals surface area contributed by atoms with Crippen LogP contribution < -0.4 is 10.6 Å². The molecule has 2 N–H and O–H groups in total. The highest BCUT2D eigenvalue weighted by atomic mass is 16.2. The van der Waals surface area contributed by atoms with Crippen molar-refractivity contribution in [3.05, 3.63) is 36.3 Å². The first-order chi connectivity index (χ1) is 11.0. The predicted octanol–water partition coefficient (Wildman–Crippen LogP) is 2.56. The van der Waals surface area contributed by atoms with E-state index >= 15 is 0 Å². The first-order valence-electron chi connectivity index (χ1n) is 7.82. The second kappa shape index (κ2) is 7.67. The average Bonchev–Trinajstić information content (AvgIpc) is 2.54. The smallest absolute Gasteiger partial charge is 0.242 e. The summed E-state index contributed by atoms with van der Waals surface area (Å²) in [5, 5.41) is 6.09. The van der Waals surface area contributed by atoms with Crippen molar-refractivity contribution in [2.75, 3.05) is 5.32 Å². The molecule has 23 heavy (non-hydrogen) atoms. The Kier molecular flexibility index (Phi) is 5.62. The van der Waals surface area contributed by atoms with Gasteiger partial charge in [-0.15, -0.1) is 0 Å². The molecule has 0 aromatic carbocycles. The second-order valence-corrected chi connectivity index (χ2v) is 5.64. The lowest BCUT2D eigenvalue weighted by molar-refractivity contribution is -0.122. The van der Waals surface area contributed by atoms with Crippen molar-refractivity contribution in [3.63, 3.8) is 0 Å². The van der Waals surface area contributed by atoms with E-state index in [1.54, 1.807) is 12.4 Å². The van der Waals surface area contributed by atoms with Crippen LogP contribution in [0.5, 0.6) is 0 Å². The fraction of sp³-hybridized carbons (Fsp3) is 0.412. The molecule has 0 saturated carbocycles. The molecule has 0 aliphatic heterocycles. The number of nitrogens with zero attached hydrogens (tertiary/aromatic N) is 3. The van der Waals surface area contributed by atoms with Gasteiger partial charge in [-0.2, -0.15) is 0 Å². The lowest BCUT2D eigenvalue weighted by Crippen LogP contribution is -2.42. The van der Waals surface area contributed by atoms with E-state index in [9.17, 15) is 4.79 Å². The summed E-state index contributed by atoms with van der Waals surface area (Å²) in [5.41, 5.74) is 1.67. The van der Waals surface area contributed by atoms with E-state index in [1.165, 1.54) is 0 Å². The predicted molar refractivity (Wildman–Crippen MR) is 91.0 cm³/mol. The Morgan fingerprint density at radius 3 is 2.74 bits per heavy atom. The molecule has 0 fully saturated rings. The highest BCUT2D eigenvalue weighted by Crippen LogP contribution is 2.17. The fourth-order valence-corrected chi connectivity index (χ4v) is 2.02. The van der Waals surface area contributed by atoms with Crippen LogP contribution in [0.1, 0.15) is 32.9 Å². The summed E-state index contributed by atoms with van der Waals surface area (Å²) in [7, 11) is 0. The first kappa shape index (κ1) is 16.9. The van der Waals surface area contributed by atoms with Crippen LogP contribution in [0.2, 0.25) is 0 Å². The molecule has 2 unspecified atom stereocenters. The number of hydrogen-bond donors (Lipinski definition) is 2. The number of hydrogen-bond acceptors (Lipinski definition) is 5. The van der Waals surface area contributed by atoms with Crippen LogP contribution in [0.15, 0.2) is 30.6 Å². The summed E-state index contributed by atoms with van der Waals surface area (Å²) >= 11 is 0. The van der Waals surface area contributed by atoms with Crippen molar-refractivity contribution in [2.45, 2.75) is 46.2 Å². The summed E-state index contributed by atoms with van der Waals surface area (Å²) in [6, 6.07) is 5.36. The van der Waals surface area contributed by atoms with E-state index in [0.29, 0.717) is 11.6 Å². The lowest BCUT2D eigenvalue weighted by Gasteiger charge is -2.18. The van der Waals surface area contributed by atoms with Gasteiger partial charge in [0.25, 0.3) is 0 Å². The number of amides is 1. The minimum atomic E-state index is -0.375. The maximum atomic E-state index is 12.1. The van der Waals surface area contributed by atoms with Crippen LogP contribution in [-0.4, -0.2) is 32.9 Å². The summed E-state index contributed by atoms with van der Waals surface area (Å²) in [6.07, 6.45) is 4.33. The van der Waals surface area contributed by atoms with Gasteiger partial charge in [-0.3, -0.25) is 9.78 Å². The monoisotopic (exact) mass is 313 g/mol. The van der Waals surface area contributed by atoms with Crippen molar-refractivity contribution < 1.29 is 4.79 Å². The van der Waals surface area contributed by atoms with E-state index < -0.39 is 0 Å². The van der Waals surface area contributed by atoms with Crippen molar-refractivity contribution in [2.24, 2.45) is 0 Å². The molecule has 2 heterocycles. The van der Waals surface area contributed by atoms with Gasteiger partial charge in [0.15, 0.2) is 5.82 Å². The van der Waals surface area contributed by atoms with Crippen LogP contribution in [-0.2, 0) is 4.79 Å². The first-order valence-corrected chi connectivity index (χ1v) is 7.82. The lowest BCUT2D eigenvalue weighted by atomic mass is 10.2. The van der Waals surface area contributed by atoms with Crippen LogP contribution in [0.25, 0.3) is 11.4 Å². The second-order valence-electron chi connectivity index (χ2n) is 5.64. The number of aromatic nitrogens is 3. The molecule has 122 valence electrons. The third-order valence-electron chi connectivity index (χ3n) is 3.53. The Morgan fingerprint density at radius 1 is 1.30 bits per heavy atom. The zero-order valence-electron chi connectivity index (χ0n) is 14.0. The number of pyridine rings is 1. The van der Waals surface area contributed by atoms with Crippen molar-refractivity contribution in [1.82, 2.24) is 20.3 Å². The fourth-order valence-electron chi connectivity index (χ4n) is 2.02. The topological polar surface area (TPSA) is 79.8 Å². The summed E-state index contributed by atoms with van der Waals surface area (Å²) in [6.45, 7) is 7.74. The molecule has 2 aromatic rings. The van der Waals surface area contributed by atoms with Gasteiger partial charge in [-0.05, 0) is 39.3 Å². The Labute approximate surface area is 136 Å². The maximum Gasteiger partial charge on any atom is 0.242 e. The molecule has 2 rings (SSSR count). The SMILES string of the molecule is CCC(C)NC(=O)C(C)Nc1cc(C)nc(-c2cccnc2)n1. The number of anilines is 1. The maximum absolute atomic E-state index is 12.1. The number of nitrogens with one attached hydrogen (secondary N) is 2. The molecule has 2 aromatic heterocycles.